The molecule has 1 unspecified atom stereocenters. The first-order valence-electron chi connectivity index (χ1n) is 13.9. The fourth-order valence-corrected chi connectivity index (χ4v) is 6.18. The number of nitriles is 1. The number of piperidine rings is 1. The maximum Gasteiger partial charge on any atom is 0.257 e. The van der Waals surface area contributed by atoms with Crippen molar-refractivity contribution >= 4 is 17.7 Å². The molecule has 0 bridgehead atoms. The Morgan fingerprint density at radius 3 is 2.73 bits per heavy atom. The van der Waals surface area contributed by atoms with Crippen LogP contribution in [0.25, 0.3) is 11.3 Å². The van der Waals surface area contributed by atoms with Gasteiger partial charge in [0.2, 0.25) is 11.8 Å². The Hall–Kier alpha value is -4.27. The Morgan fingerprint density at radius 1 is 1.17 bits per heavy atom. The van der Waals surface area contributed by atoms with Crippen LogP contribution in [0.2, 0.25) is 0 Å². The Bertz CT molecular complexity index is 1480. The summed E-state index contributed by atoms with van der Waals surface area (Å²) in [7, 11) is 3.61. The van der Waals surface area contributed by atoms with E-state index in [-0.39, 0.29) is 23.9 Å². The fourth-order valence-electron chi connectivity index (χ4n) is 6.18. The molecule has 2 N–H and O–H groups in total. The number of benzene rings is 1. The van der Waals surface area contributed by atoms with Crippen LogP contribution in [0.15, 0.2) is 42.6 Å². The van der Waals surface area contributed by atoms with Crippen LogP contribution in [0, 0.1) is 23.2 Å². The number of hydrogen-bond donors (Lipinski definition) is 2. The van der Waals surface area contributed by atoms with Gasteiger partial charge in [0.25, 0.3) is 5.91 Å². The van der Waals surface area contributed by atoms with Crippen molar-refractivity contribution in [1.82, 2.24) is 25.2 Å². The monoisotopic (exact) mass is 555 g/mol. The van der Waals surface area contributed by atoms with Crippen LogP contribution < -0.4 is 20.1 Å². The number of nitrogens with one attached hydrogen (secondary N) is 2. The van der Waals surface area contributed by atoms with Gasteiger partial charge >= 0.3 is 0 Å². The Morgan fingerprint density at radius 2 is 2.00 bits per heavy atom. The number of fused-ring (bicyclic) bond motifs is 1. The molecule has 2 saturated heterocycles. The van der Waals surface area contributed by atoms with Crippen LogP contribution >= 0.6 is 0 Å². The molecule has 11 nitrogen and oxygen atoms in total. The van der Waals surface area contributed by atoms with Crippen molar-refractivity contribution in [3.8, 4) is 29.0 Å². The maximum atomic E-state index is 13.1. The highest BCUT2D eigenvalue weighted by Gasteiger charge is 2.57. The molecular formula is C30H33N7O4. The summed E-state index contributed by atoms with van der Waals surface area (Å²) in [4.78, 5) is 28.8. The average Bonchev–Trinajstić information content (AvgIpc) is 2.99. The number of pyridine rings is 1. The number of carbonyl (C=O) groups is 1. The lowest BCUT2D eigenvalue weighted by Gasteiger charge is -2.63. The molecule has 1 aliphatic carbocycles. The van der Waals surface area contributed by atoms with Gasteiger partial charge in [0.05, 0.1) is 31.6 Å². The minimum Gasteiger partial charge on any atom is -0.489 e. The largest absolute Gasteiger partial charge is 0.489 e. The fraction of sp³-hybridized carbons (Fsp3) is 0.433. The van der Waals surface area contributed by atoms with Gasteiger partial charge in [-0.15, -0.1) is 0 Å². The van der Waals surface area contributed by atoms with Crippen LogP contribution in [0.1, 0.15) is 35.7 Å². The summed E-state index contributed by atoms with van der Waals surface area (Å²) in [6.07, 6.45) is 3.28. The van der Waals surface area contributed by atoms with E-state index in [0.29, 0.717) is 65.4 Å². The summed E-state index contributed by atoms with van der Waals surface area (Å²) in [5, 5.41) is 16.0. The van der Waals surface area contributed by atoms with E-state index in [9.17, 15) is 10.1 Å². The van der Waals surface area contributed by atoms with Crippen LogP contribution in [-0.4, -0.2) is 77.9 Å². The number of rotatable bonds is 8. The number of hydrogen-bond acceptors (Lipinski definition) is 10. The van der Waals surface area contributed by atoms with E-state index >= 15 is 0 Å². The summed E-state index contributed by atoms with van der Waals surface area (Å²) in [5.74, 6) is 2.25. The molecule has 11 heteroatoms. The van der Waals surface area contributed by atoms with Gasteiger partial charge in [-0.2, -0.15) is 10.2 Å². The molecular weight excluding hydrogens is 522 g/mol. The van der Waals surface area contributed by atoms with Crippen molar-refractivity contribution in [2.75, 3.05) is 39.2 Å². The Labute approximate surface area is 238 Å². The van der Waals surface area contributed by atoms with E-state index in [4.69, 9.17) is 14.2 Å². The second-order valence-electron chi connectivity index (χ2n) is 10.8. The van der Waals surface area contributed by atoms with Gasteiger partial charge in [-0.1, -0.05) is 6.92 Å². The highest BCUT2D eigenvalue weighted by molar-refractivity contribution is 5.97. The van der Waals surface area contributed by atoms with Crippen LogP contribution in [-0.2, 0) is 4.74 Å². The molecule has 3 fully saturated rings. The normalized spacial score (nSPS) is 23.8. The third-order valence-electron chi connectivity index (χ3n) is 8.36. The number of aromatic nitrogens is 3. The summed E-state index contributed by atoms with van der Waals surface area (Å²) in [6, 6.07) is 13.6. The molecule has 3 aromatic rings. The number of ether oxygens (including phenoxy) is 3. The summed E-state index contributed by atoms with van der Waals surface area (Å²) >= 11 is 0. The highest BCUT2D eigenvalue weighted by Crippen LogP contribution is 2.45. The highest BCUT2D eigenvalue weighted by atomic mass is 16.5. The summed E-state index contributed by atoms with van der Waals surface area (Å²) in [6.45, 7) is 4.51. The molecule has 41 heavy (non-hydrogen) atoms. The van der Waals surface area contributed by atoms with Gasteiger partial charge in [-0.3, -0.25) is 4.79 Å². The van der Waals surface area contributed by atoms with Crippen molar-refractivity contribution < 1.29 is 19.0 Å². The first kappa shape index (κ1) is 26.9. The molecule has 1 saturated carbocycles. The molecule has 2 aromatic heterocycles. The first-order valence-corrected chi connectivity index (χ1v) is 13.9. The van der Waals surface area contributed by atoms with Crippen molar-refractivity contribution in [1.29, 1.82) is 5.26 Å². The zero-order valence-electron chi connectivity index (χ0n) is 23.3. The molecule has 1 aromatic carbocycles. The topological polar surface area (TPSA) is 135 Å². The van der Waals surface area contributed by atoms with Gasteiger partial charge in [0.1, 0.15) is 29.3 Å². The first-order chi connectivity index (χ1) is 19.9. The number of nitrogens with zero attached hydrogens (tertiary/aromatic N) is 5. The standard InChI is InChI=1S/C30H33N7O4/c1-17-26(22-16-37(2)27(17)22)36-28(38)21-5-7-25(34-29(21)39-3)35-30-32-11-8-23(33-30)18-4-6-24(19(14-18)15-31)41-20-9-12-40-13-10-20/h4-8,11,14,17,20,22,26-27H,9-10,12-13,16H2,1-3H3,(H,36,38)(H,32,33,34,35)/t17-,22-,26+,27?/m1/s1. The average molecular weight is 556 g/mol. The molecule has 4 atom stereocenters. The van der Waals surface area contributed by atoms with Gasteiger partial charge in [0, 0.05) is 49.1 Å². The predicted molar refractivity (Wildman–Crippen MR) is 151 cm³/mol. The van der Waals surface area contributed by atoms with E-state index in [1.165, 1.54) is 7.11 Å². The third kappa shape index (κ3) is 5.28. The van der Waals surface area contributed by atoms with Crippen LogP contribution in [0.5, 0.6) is 11.6 Å². The number of methoxy groups -OCH3 is 1. The quantitative estimate of drug-likeness (QED) is 0.426. The zero-order chi connectivity index (χ0) is 28.5. The number of likely N-dealkylation sites (tertiary alicyclic amines) is 1. The minimum atomic E-state index is -0.193. The molecule has 2 aliphatic heterocycles. The van der Waals surface area contributed by atoms with Crippen LogP contribution in [0.4, 0.5) is 11.8 Å². The van der Waals surface area contributed by atoms with Gasteiger partial charge in [-0.25, -0.2) is 9.97 Å². The molecule has 3 aliphatic rings. The second-order valence-corrected chi connectivity index (χ2v) is 10.8. The maximum absolute atomic E-state index is 13.1. The van der Waals surface area contributed by atoms with Crippen molar-refractivity contribution in [2.24, 2.45) is 11.8 Å². The van der Waals surface area contributed by atoms with Crippen molar-refractivity contribution in [2.45, 2.75) is 38.0 Å². The van der Waals surface area contributed by atoms with Crippen LogP contribution in [0.3, 0.4) is 0 Å². The lowest BCUT2D eigenvalue weighted by Crippen LogP contribution is -2.76. The molecule has 6 rings (SSSR count). The van der Waals surface area contributed by atoms with E-state index in [1.807, 2.05) is 12.1 Å². The van der Waals surface area contributed by atoms with E-state index in [1.54, 1.807) is 30.5 Å². The van der Waals surface area contributed by atoms with Crippen molar-refractivity contribution in [3.63, 3.8) is 0 Å². The summed E-state index contributed by atoms with van der Waals surface area (Å²) in [5.41, 5.74) is 2.21. The lowest BCUT2D eigenvalue weighted by atomic mass is 9.60. The number of amides is 1. The van der Waals surface area contributed by atoms with Gasteiger partial charge in [-0.05, 0) is 49.4 Å². The SMILES string of the molecule is COc1nc(Nc2nccc(-c3ccc(OC4CCOCC4)c(C#N)c3)n2)ccc1C(=O)N[C@H]1[C@@H](C)C2[C@@H]1CN2C. The predicted octanol–water partition coefficient (Wildman–Crippen LogP) is 3.40. The van der Waals surface area contributed by atoms with E-state index in [0.717, 1.165) is 24.9 Å². The van der Waals surface area contributed by atoms with Gasteiger partial charge < -0.3 is 29.7 Å². The smallest absolute Gasteiger partial charge is 0.257 e. The third-order valence-corrected chi connectivity index (χ3v) is 8.36. The zero-order valence-corrected chi connectivity index (χ0v) is 23.3. The van der Waals surface area contributed by atoms with E-state index in [2.05, 4.69) is 50.5 Å². The summed E-state index contributed by atoms with van der Waals surface area (Å²) < 4.78 is 16.9. The van der Waals surface area contributed by atoms with Gasteiger partial charge in [0.15, 0.2) is 0 Å². The molecule has 212 valence electrons. The lowest BCUT2D eigenvalue weighted by molar-refractivity contribution is -0.114. The van der Waals surface area contributed by atoms with Crippen molar-refractivity contribution in [3.05, 3.63) is 53.7 Å². The number of carbonyl (C=O) groups excluding carboxylic acids is 1. The Balaban J connectivity index is 1.14. The molecule has 4 heterocycles. The minimum absolute atomic E-state index is 0.0393. The molecule has 0 spiro atoms. The van der Waals surface area contributed by atoms with E-state index < -0.39 is 0 Å². The molecule has 0 radical (unpaired) electrons. The molecule has 1 amide bonds. The second kappa shape index (κ2) is 11.3. The Kier molecular flexibility index (Phi) is 7.43. The number of anilines is 2.